The summed E-state index contributed by atoms with van der Waals surface area (Å²) < 4.78 is 0. The monoisotopic (exact) mass is 440 g/mol. The smallest absolute Gasteiger partial charge is 0.326 e. The summed E-state index contributed by atoms with van der Waals surface area (Å²) in [7, 11) is 0. The number of aliphatic carboxylic acids is 1. The first-order chi connectivity index (χ1) is 14.3. The number of aromatic hydroxyl groups is 1. The second-order valence-electron chi connectivity index (χ2n) is 7.00. The fourth-order valence-electron chi connectivity index (χ4n) is 2.76. The number of phenols is 1. The van der Waals surface area contributed by atoms with E-state index >= 15 is 0 Å². The highest BCUT2D eigenvalue weighted by atomic mass is 32.2. The van der Waals surface area contributed by atoms with E-state index in [1.807, 2.05) is 6.26 Å². The van der Waals surface area contributed by atoms with E-state index in [1.165, 1.54) is 23.9 Å². The van der Waals surface area contributed by atoms with Crippen molar-refractivity contribution in [2.75, 3.05) is 18.6 Å². The predicted octanol–water partition coefficient (Wildman–Crippen LogP) is 0.198. The molecule has 1 rings (SSSR count). The lowest BCUT2D eigenvalue weighted by atomic mass is 10.0. The minimum absolute atomic E-state index is 0.0448. The van der Waals surface area contributed by atoms with Gasteiger partial charge in [0.05, 0.1) is 6.04 Å². The summed E-state index contributed by atoms with van der Waals surface area (Å²) in [4.78, 5) is 36.7. The molecule has 0 saturated heterocycles. The number of benzene rings is 1. The first-order valence-electron chi connectivity index (χ1n) is 9.84. The van der Waals surface area contributed by atoms with Crippen molar-refractivity contribution in [3.8, 4) is 5.75 Å². The van der Waals surface area contributed by atoms with Crippen molar-refractivity contribution >= 4 is 29.5 Å². The highest BCUT2D eigenvalue weighted by molar-refractivity contribution is 7.98. The van der Waals surface area contributed by atoms with Crippen molar-refractivity contribution in [1.29, 1.82) is 0 Å². The molecule has 30 heavy (non-hydrogen) atoms. The van der Waals surface area contributed by atoms with Crippen molar-refractivity contribution < 1.29 is 24.6 Å². The Morgan fingerprint density at radius 2 is 1.67 bits per heavy atom. The fraction of sp³-hybridized carbons (Fsp3) is 0.550. The van der Waals surface area contributed by atoms with Crippen LogP contribution in [-0.4, -0.2) is 64.7 Å². The largest absolute Gasteiger partial charge is 0.508 e. The molecule has 0 aliphatic heterocycles. The van der Waals surface area contributed by atoms with Gasteiger partial charge in [-0.15, -0.1) is 0 Å². The Morgan fingerprint density at radius 1 is 1.03 bits per heavy atom. The van der Waals surface area contributed by atoms with Gasteiger partial charge in [0.15, 0.2) is 0 Å². The fourth-order valence-corrected chi connectivity index (χ4v) is 3.23. The van der Waals surface area contributed by atoms with Crippen LogP contribution in [0.2, 0.25) is 0 Å². The molecule has 0 aromatic heterocycles. The van der Waals surface area contributed by atoms with E-state index in [-0.39, 0.29) is 12.2 Å². The lowest BCUT2D eigenvalue weighted by Gasteiger charge is -2.23. The van der Waals surface area contributed by atoms with Crippen molar-refractivity contribution in [3.05, 3.63) is 29.8 Å². The Balaban J connectivity index is 2.77. The van der Waals surface area contributed by atoms with E-state index < -0.39 is 35.9 Å². The number of rotatable bonds is 14. The zero-order valence-electron chi connectivity index (χ0n) is 17.2. The third kappa shape index (κ3) is 9.47. The summed E-state index contributed by atoms with van der Waals surface area (Å²) >= 11 is 1.51. The summed E-state index contributed by atoms with van der Waals surface area (Å²) in [6.45, 7) is 0.519. The van der Waals surface area contributed by atoms with Gasteiger partial charge in [-0.3, -0.25) is 9.59 Å². The van der Waals surface area contributed by atoms with E-state index in [1.54, 1.807) is 12.1 Å². The van der Waals surface area contributed by atoms with Crippen LogP contribution < -0.4 is 22.1 Å². The molecule has 9 nitrogen and oxygen atoms in total. The van der Waals surface area contributed by atoms with Gasteiger partial charge in [-0.05, 0) is 55.5 Å². The molecule has 2 amide bonds. The van der Waals surface area contributed by atoms with Crippen LogP contribution in [0.25, 0.3) is 0 Å². The number of carbonyl (C=O) groups excluding carboxylic acids is 2. The maximum atomic E-state index is 12.7. The molecular formula is C20H32N4O5S. The predicted molar refractivity (Wildman–Crippen MR) is 117 cm³/mol. The molecule has 0 aliphatic rings. The van der Waals surface area contributed by atoms with Crippen LogP contribution in [0.5, 0.6) is 5.75 Å². The molecule has 3 atom stereocenters. The third-order valence-electron chi connectivity index (χ3n) is 4.54. The van der Waals surface area contributed by atoms with E-state index in [4.69, 9.17) is 11.5 Å². The van der Waals surface area contributed by atoms with Crippen LogP contribution >= 0.6 is 11.8 Å². The zero-order chi connectivity index (χ0) is 22.5. The van der Waals surface area contributed by atoms with Gasteiger partial charge in [0.2, 0.25) is 11.8 Å². The van der Waals surface area contributed by atoms with E-state index in [9.17, 15) is 24.6 Å². The van der Waals surface area contributed by atoms with Gasteiger partial charge < -0.3 is 32.3 Å². The van der Waals surface area contributed by atoms with E-state index in [0.29, 0.717) is 37.1 Å². The minimum atomic E-state index is -1.19. The Morgan fingerprint density at radius 3 is 2.23 bits per heavy atom. The molecule has 1 aromatic carbocycles. The number of carboxylic acid groups (broad SMARTS) is 1. The Labute approximate surface area is 181 Å². The lowest BCUT2D eigenvalue weighted by Crippen LogP contribution is -2.55. The number of hydrogen-bond acceptors (Lipinski definition) is 7. The van der Waals surface area contributed by atoms with Gasteiger partial charge in [0.25, 0.3) is 0 Å². The third-order valence-corrected chi connectivity index (χ3v) is 5.18. The Hall–Kier alpha value is -2.30. The number of hydrogen-bond donors (Lipinski definition) is 6. The van der Waals surface area contributed by atoms with Crippen LogP contribution in [0.15, 0.2) is 24.3 Å². The molecule has 0 heterocycles. The Bertz CT molecular complexity index is 686. The number of phenolic OH excluding ortho intramolecular Hbond substituents is 1. The highest BCUT2D eigenvalue weighted by Gasteiger charge is 2.27. The van der Waals surface area contributed by atoms with Crippen molar-refractivity contribution in [2.45, 2.75) is 50.2 Å². The highest BCUT2D eigenvalue weighted by Crippen LogP contribution is 2.12. The van der Waals surface area contributed by atoms with Crippen LogP contribution in [0.3, 0.4) is 0 Å². The molecule has 0 unspecified atom stereocenters. The van der Waals surface area contributed by atoms with Crippen LogP contribution in [-0.2, 0) is 20.8 Å². The average Bonchev–Trinajstić information content (AvgIpc) is 2.71. The van der Waals surface area contributed by atoms with Gasteiger partial charge in [0.1, 0.15) is 17.8 Å². The molecule has 1 aromatic rings. The first kappa shape index (κ1) is 25.7. The van der Waals surface area contributed by atoms with Crippen LogP contribution in [0.4, 0.5) is 0 Å². The van der Waals surface area contributed by atoms with Gasteiger partial charge in [0, 0.05) is 6.42 Å². The van der Waals surface area contributed by atoms with E-state index in [0.717, 1.165) is 6.42 Å². The molecule has 0 fully saturated rings. The summed E-state index contributed by atoms with van der Waals surface area (Å²) in [5.74, 6) is -1.53. The number of carboxylic acids is 1. The summed E-state index contributed by atoms with van der Waals surface area (Å²) in [6, 6.07) is 3.26. The molecule has 8 N–H and O–H groups in total. The molecule has 0 radical (unpaired) electrons. The average molecular weight is 441 g/mol. The van der Waals surface area contributed by atoms with Gasteiger partial charge in [-0.2, -0.15) is 11.8 Å². The van der Waals surface area contributed by atoms with Gasteiger partial charge >= 0.3 is 5.97 Å². The molecule has 0 saturated carbocycles. The van der Waals surface area contributed by atoms with Crippen molar-refractivity contribution in [3.63, 3.8) is 0 Å². The quantitative estimate of drug-likeness (QED) is 0.223. The molecule has 0 bridgehead atoms. The Kier molecular flexibility index (Phi) is 11.9. The SMILES string of the molecule is CSCC[C@H](NC(=O)[C@@H](N)CCCCN)C(=O)N[C@@H](Cc1ccc(O)cc1)C(=O)O. The normalized spacial score (nSPS) is 13.8. The summed E-state index contributed by atoms with van der Waals surface area (Å²) in [5, 5.41) is 24.0. The number of nitrogens with two attached hydrogens (primary N) is 2. The zero-order valence-corrected chi connectivity index (χ0v) is 18.0. The second-order valence-corrected chi connectivity index (χ2v) is 7.99. The maximum Gasteiger partial charge on any atom is 0.326 e. The number of amides is 2. The molecule has 0 spiro atoms. The first-order valence-corrected chi connectivity index (χ1v) is 11.2. The van der Waals surface area contributed by atoms with Gasteiger partial charge in [-0.1, -0.05) is 18.6 Å². The van der Waals surface area contributed by atoms with E-state index in [2.05, 4.69) is 10.6 Å². The topological polar surface area (TPSA) is 168 Å². The molecule has 10 heteroatoms. The lowest BCUT2D eigenvalue weighted by molar-refractivity contribution is -0.142. The minimum Gasteiger partial charge on any atom is -0.508 e. The number of unbranched alkanes of at least 4 members (excludes halogenated alkanes) is 1. The number of thioether (sulfide) groups is 1. The molecule has 168 valence electrons. The van der Waals surface area contributed by atoms with Gasteiger partial charge in [-0.25, -0.2) is 4.79 Å². The summed E-state index contributed by atoms with van der Waals surface area (Å²) in [5.41, 5.74) is 12.0. The van der Waals surface area contributed by atoms with Crippen LogP contribution in [0.1, 0.15) is 31.2 Å². The number of carbonyl (C=O) groups is 3. The van der Waals surface area contributed by atoms with Crippen molar-refractivity contribution in [2.24, 2.45) is 11.5 Å². The number of nitrogens with one attached hydrogen (secondary N) is 2. The van der Waals surface area contributed by atoms with Crippen molar-refractivity contribution in [1.82, 2.24) is 10.6 Å². The van der Waals surface area contributed by atoms with Crippen LogP contribution in [0, 0.1) is 0 Å². The molecular weight excluding hydrogens is 408 g/mol. The molecule has 0 aliphatic carbocycles. The second kappa shape index (κ2) is 13.8. The summed E-state index contributed by atoms with van der Waals surface area (Å²) in [6.07, 6.45) is 4.19. The maximum absolute atomic E-state index is 12.7. The standard InChI is InChI=1S/C20H32N4O5S/c1-30-11-9-16(23-18(26)15(22)4-2-3-10-21)19(27)24-17(20(28)29)12-13-5-7-14(25)8-6-13/h5-8,15-17,25H,2-4,9-12,21-22H2,1H3,(H,23,26)(H,24,27)(H,28,29)/t15-,16-,17-/m0/s1.